The lowest BCUT2D eigenvalue weighted by Crippen LogP contribution is -2.29. The van der Waals surface area contributed by atoms with Crippen molar-refractivity contribution in [2.45, 2.75) is 4.45 Å². The number of nitrogens with zero attached hydrogens (tertiary/aromatic N) is 3. The summed E-state index contributed by atoms with van der Waals surface area (Å²) >= 11 is 2.75. The fourth-order valence-corrected chi connectivity index (χ4v) is 1.56. The van der Waals surface area contributed by atoms with E-state index in [0.717, 1.165) is 0 Å². The molecule has 0 saturated carbocycles. The Kier molecular flexibility index (Phi) is 3.50. The van der Waals surface area contributed by atoms with Crippen molar-refractivity contribution in [3.05, 3.63) is 35.9 Å². The minimum absolute atomic E-state index is 0.247. The van der Waals surface area contributed by atoms with Gasteiger partial charge in [0.1, 0.15) is 0 Å². The Labute approximate surface area is 109 Å². The van der Waals surface area contributed by atoms with Crippen molar-refractivity contribution in [3.63, 3.8) is 0 Å². The van der Waals surface area contributed by atoms with Gasteiger partial charge >= 0.3 is 4.45 Å². The molecule has 1 aliphatic rings. The molecule has 0 bridgehead atoms. The molecule has 1 heterocycles. The number of hydrogen-bond acceptors (Lipinski definition) is 6. The second-order valence-electron chi connectivity index (χ2n) is 3.22. The monoisotopic (exact) mass is 285 g/mol. The van der Waals surface area contributed by atoms with Gasteiger partial charge in [0, 0.05) is 16.6 Å². The van der Waals surface area contributed by atoms with E-state index in [2.05, 4.69) is 20.5 Å². The van der Waals surface area contributed by atoms with Crippen molar-refractivity contribution >= 4 is 34.5 Å². The van der Waals surface area contributed by atoms with E-state index in [1.54, 1.807) is 30.3 Å². The number of rotatable bonds is 2. The van der Waals surface area contributed by atoms with Crippen LogP contribution in [0.4, 0.5) is 0 Å². The Morgan fingerprint density at radius 1 is 1.39 bits per heavy atom. The molecule has 0 aromatic heterocycles. The molecule has 9 heteroatoms. The van der Waals surface area contributed by atoms with Gasteiger partial charge in [-0.05, 0) is 12.1 Å². The molecule has 0 fully saturated rings. The summed E-state index contributed by atoms with van der Waals surface area (Å²) in [7, 11) is 0. The van der Waals surface area contributed by atoms with Gasteiger partial charge in [-0.15, -0.1) is 10.2 Å². The van der Waals surface area contributed by atoms with Crippen LogP contribution in [0.15, 0.2) is 45.6 Å². The summed E-state index contributed by atoms with van der Waals surface area (Å²) in [6.07, 6.45) is 0. The predicted molar refractivity (Wildman–Crippen MR) is 63.7 cm³/mol. The molecule has 94 valence electrons. The van der Waals surface area contributed by atoms with Crippen LogP contribution in [0.1, 0.15) is 10.4 Å². The number of hydrogen-bond donors (Lipinski definition) is 1. The number of carbonyl (C=O) groups excluding carboxylic acids is 1. The molecule has 2 unspecified atom stereocenters. The van der Waals surface area contributed by atoms with Gasteiger partial charge in [-0.1, -0.05) is 29.8 Å². The number of carbonyl (C=O) groups is 1. The number of alkyl halides is 1. The molecule has 18 heavy (non-hydrogen) atoms. The van der Waals surface area contributed by atoms with Gasteiger partial charge in [-0.25, -0.2) is 0 Å². The van der Waals surface area contributed by atoms with Crippen molar-refractivity contribution in [1.29, 1.82) is 0 Å². The summed E-state index contributed by atoms with van der Waals surface area (Å²) in [5, 5.41) is 8.95. The molecule has 0 aliphatic carbocycles. The molecular formula is C9H6ClN4O3S-. The molecule has 1 N–H and O–H groups in total. The third-order valence-corrected chi connectivity index (χ3v) is 3.12. The fourth-order valence-electron chi connectivity index (χ4n) is 1.17. The molecule has 2 atom stereocenters. The average molecular weight is 286 g/mol. The second-order valence-corrected chi connectivity index (χ2v) is 5.01. The lowest BCUT2D eigenvalue weighted by Gasteiger charge is -2.14. The number of halogens is 1. The van der Waals surface area contributed by atoms with Crippen LogP contribution in [0.3, 0.4) is 0 Å². The normalized spacial score (nSPS) is 23.6. The molecule has 1 aromatic carbocycles. The lowest BCUT2D eigenvalue weighted by atomic mass is 10.2. The van der Waals surface area contributed by atoms with Gasteiger partial charge < -0.3 is 4.55 Å². The molecule has 7 nitrogen and oxygen atoms in total. The van der Waals surface area contributed by atoms with Crippen LogP contribution in [0.2, 0.25) is 0 Å². The van der Waals surface area contributed by atoms with Gasteiger partial charge in [0.25, 0.3) is 5.91 Å². The van der Waals surface area contributed by atoms with Gasteiger partial charge in [-0.3, -0.25) is 14.3 Å². The maximum absolute atomic E-state index is 11.7. The third kappa shape index (κ3) is 2.61. The zero-order chi connectivity index (χ0) is 13.2. The maximum atomic E-state index is 11.7. The SMILES string of the molecule is O=C(NC1=NC(Cl)(S(=O)[O-])N=N1)c1ccccc1. The van der Waals surface area contributed by atoms with E-state index in [4.69, 9.17) is 11.6 Å². The van der Waals surface area contributed by atoms with Gasteiger partial charge in [0.05, 0.1) is 0 Å². The van der Waals surface area contributed by atoms with E-state index >= 15 is 0 Å². The quantitative estimate of drug-likeness (QED) is 0.497. The number of aliphatic imine (C=N–C) groups is 1. The smallest absolute Gasteiger partial charge is 0.312 e. The largest absolute Gasteiger partial charge is 0.768 e. The third-order valence-electron chi connectivity index (χ3n) is 1.99. The first-order chi connectivity index (χ1) is 8.51. The van der Waals surface area contributed by atoms with E-state index in [-0.39, 0.29) is 5.96 Å². The van der Waals surface area contributed by atoms with Crippen LogP contribution < -0.4 is 5.32 Å². The summed E-state index contributed by atoms with van der Waals surface area (Å²) < 4.78 is 19.3. The Bertz CT molecular complexity index is 562. The zero-order valence-corrected chi connectivity index (χ0v) is 10.3. The molecule has 1 aliphatic heterocycles. The lowest BCUT2D eigenvalue weighted by molar-refractivity contribution is 0.0976. The first kappa shape index (κ1) is 12.8. The molecule has 1 amide bonds. The van der Waals surface area contributed by atoms with Gasteiger partial charge in [0.15, 0.2) is 0 Å². The van der Waals surface area contributed by atoms with Crippen molar-refractivity contribution in [2.75, 3.05) is 0 Å². The summed E-state index contributed by atoms with van der Waals surface area (Å²) in [6.45, 7) is 0. The van der Waals surface area contributed by atoms with Crippen LogP contribution in [0, 0.1) is 0 Å². The topological polar surface area (TPSA) is 106 Å². The van der Waals surface area contributed by atoms with Crippen LogP contribution in [0.5, 0.6) is 0 Å². The summed E-state index contributed by atoms with van der Waals surface area (Å²) in [4.78, 5) is 15.2. The number of nitrogens with one attached hydrogen (secondary N) is 1. The van der Waals surface area contributed by atoms with Crippen LogP contribution in [-0.4, -0.2) is 25.1 Å². The Hall–Kier alpha value is -1.64. The highest BCUT2D eigenvalue weighted by Crippen LogP contribution is 2.27. The highest BCUT2D eigenvalue weighted by molar-refractivity contribution is 7.82. The maximum Gasteiger partial charge on any atom is 0.312 e. The number of benzene rings is 1. The van der Waals surface area contributed by atoms with Crippen molar-refractivity contribution in [2.24, 2.45) is 15.2 Å². The average Bonchev–Trinajstić information content (AvgIpc) is 2.73. The van der Waals surface area contributed by atoms with E-state index in [0.29, 0.717) is 5.56 Å². The summed E-state index contributed by atoms with van der Waals surface area (Å²) in [5.74, 6) is -0.728. The first-order valence-electron chi connectivity index (χ1n) is 4.69. The number of azo groups is 1. The van der Waals surface area contributed by atoms with E-state index < -0.39 is 21.4 Å². The number of amides is 1. The molecule has 0 spiro atoms. The molecule has 0 saturated heterocycles. The Balaban J connectivity index is 2.11. The highest BCUT2D eigenvalue weighted by Gasteiger charge is 2.33. The van der Waals surface area contributed by atoms with Gasteiger partial charge in [-0.2, -0.15) is 4.99 Å². The van der Waals surface area contributed by atoms with Crippen molar-refractivity contribution in [1.82, 2.24) is 5.32 Å². The fraction of sp³-hybridized carbons (Fsp3) is 0.111. The van der Waals surface area contributed by atoms with Crippen LogP contribution in [-0.2, 0) is 11.1 Å². The molecular weight excluding hydrogens is 280 g/mol. The second kappa shape index (κ2) is 4.92. The van der Waals surface area contributed by atoms with Crippen molar-refractivity contribution < 1.29 is 13.6 Å². The Morgan fingerprint density at radius 2 is 2.06 bits per heavy atom. The van der Waals surface area contributed by atoms with Crippen LogP contribution >= 0.6 is 11.6 Å². The molecule has 0 radical (unpaired) electrons. The molecule has 1 aromatic rings. The summed E-state index contributed by atoms with van der Waals surface area (Å²) in [6, 6.07) is 8.30. The minimum Gasteiger partial charge on any atom is -0.768 e. The predicted octanol–water partition coefficient (Wildman–Crippen LogP) is 0.967. The van der Waals surface area contributed by atoms with E-state index in [9.17, 15) is 13.6 Å². The van der Waals surface area contributed by atoms with Crippen LogP contribution in [0.25, 0.3) is 0 Å². The first-order valence-corrected chi connectivity index (χ1v) is 6.14. The van der Waals surface area contributed by atoms with E-state index in [1.807, 2.05) is 0 Å². The Morgan fingerprint density at radius 3 is 2.61 bits per heavy atom. The minimum atomic E-state index is -2.77. The van der Waals surface area contributed by atoms with E-state index in [1.165, 1.54) is 0 Å². The van der Waals surface area contributed by atoms with Crippen molar-refractivity contribution in [3.8, 4) is 0 Å². The zero-order valence-electron chi connectivity index (χ0n) is 8.74. The number of guanidine groups is 1. The standard InChI is InChI=1S/C9H7ClN4O3S/c10-9(18(16)17)12-8(13-14-9)11-7(15)6-4-2-1-3-5-6/h1-5H,(H,16,17)(H,11,12,15)/p-1. The highest BCUT2D eigenvalue weighted by atomic mass is 35.5. The van der Waals surface area contributed by atoms with Gasteiger partial charge in [0.2, 0.25) is 5.96 Å². The molecule has 2 rings (SSSR count). The summed E-state index contributed by atoms with van der Waals surface area (Å²) in [5.41, 5.74) is 0.380.